The summed E-state index contributed by atoms with van der Waals surface area (Å²) >= 11 is 0. The Morgan fingerprint density at radius 2 is 2.04 bits per heavy atom. The van der Waals surface area contributed by atoms with Gasteiger partial charge in [-0.05, 0) is 13.3 Å². The molecule has 1 amide bonds. The van der Waals surface area contributed by atoms with Crippen molar-refractivity contribution in [2.24, 2.45) is 7.05 Å². The molecule has 128 valence electrons. The van der Waals surface area contributed by atoms with Gasteiger partial charge in [0.25, 0.3) is 5.91 Å². The predicted molar refractivity (Wildman–Crippen MR) is 93.0 cm³/mol. The first-order valence-corrected chi connectivity index (χ1v) is 8.38. The average Bonchev–Trinajstić information content (AvgIpc) is 3.36. The van der Waals surface area contributed by atoms with Gasteiger partial charge in [0.05, 0.1) is 17.8 Å². The number of carbonyl (C=O) groups excluding carboxylic acids is 1. The number of amides is 1. The summed E-state index contributed by atoms with van der Waals surface area (Å²) < 4.78 is 3.81. The van der Waals surface area contributed by atoms with Crippen LogP contribution >= 0.6 is 0 Å². The maximum atomic E-state index is 12.8. The number of hydrogen-bond donors (Lipinski definition) is 0. The standard InChI is InChI=1S/C18H20N6O/c1-13-16(10-20-22(13)2)18(25)23-9-8-15(11-23)24-12-19-21-17(24)14-6-4-3-5-7-14/h3-7,10,12,15H,8-9,11H2,1-2H3. The fourth-order valence-electron chi connectivity index (χ4n) is 3.34. The molecule has 25 heavy (non-hydrogen) atoms. The number of carbonyl (C=O) groups is 1. The summed E-state index contributed by atoms with van der Waals surface area (Å²) in [4.78, 5) is 14.7. The van der Waals surface area contributed by atoms with Crippen LogP contribution in [0.4, 0.5) is 0 Å². The second-order valence-corrected chi connectivity index (χ2v) is 6.39. The van der Waals surface area contributed by atoms with E-state index in [1.54, 1.807) is 17.2 Å². The largest absolute Gasteiger partial charge is 0.336 e. The maximum absolute atomic E-state index is 12.8. The van der Waals surface area contributed by atoms with E-state index in [2.05, 4.69) is 19.9 Å². The Morgan fingerprint density at radius 3 is 2.76 bits per heavy atom. The average molecular weight is 336 g/mol. The van der Waals surface area contributed by atoms with E-state index in [9.17, 15) is 4.79 Å². The molecule has 0 aliphatic carbocycles. The zero-order valence-corrected chi connectivity index (χ0v) is 14.3. The SMILES string of the molecule is Cc1c(C(=O)N2CCC(n3cnnc3-c3ccccc3)C2)cnn1C. The van der Waals surface area contributed by atoms with Gasteiger partial charge in [0.2, 0.25) is 0 Å². The first kappa shape index (κ1) is 15.6. The molecule has 1 aromatic carbocycles. The summed E-state index contributed by atoms with van der Waals surface area (Å²) in [5.41, 5.74) is 2.60. The van der Waals surface area contributed by atoms with Gasteiger partial charge in [0.1, 0.15) is 6.33 Å². The van der Waals surface area contributed by atoms with Gasteiger partial charge in [-0.1, -0.05) is 30.3 Å². The van der Waals surface area contributed by atoms with Crippen LogP contribution in [0, 0.1) is 6.92 Å². The Bertz CT molecular complexity index is 897. The van der Waals surface area contributed by atoms with Crippen LogP contribution in [0.1, 0.15) is 28.5 Å². The Hall–Kier alpha value is -2.96. The van der Waals surface area contributed by atoms with E-state index < -0.39 is 0 Å². The van der Waals surface area contributed by atoms with Crippen molar-refractivity contribution in [2.45, 2.75) is 19.4 Å². The maximum Gasteiger partial charge on any atom is 0.257 e. The van der Waals surface area contributed by atoms with Crippen LogP contribution in [-0.2, 0) is 7.05 Å². The van der Waals surface area contributed by atoms with Crippen LogP contribution in [0.15, 0.2) is 42.9 Å². The second kappa shape index (κ2) is 6.16. The predicted octanol–water partition coefficient (Wildman–Crippen LogP) is 2.07. The normalized spacial score (nSPS) is 17.2. The van der Waals surface area contributed by atoms with Gasteiger partial charge in [-0.25, -0.2) is 0 Å². The molecule has 0 N–H and O–H groups in total. The fourth-order valence-corrected chi connectivity index (χ4v) is 3.34. The molecule has 1 aliphatic heterocycles. The molecule has 0 saturated carbocycles. The zero-order chi connectivity index (χ0) is 17.4. The molecule has 4 rings (SSSR count). The number of rotatable bonds is 3. The molecule has 1 aliphatic rings. The van der Waals surface area contributed by atoms with Crippen molar-refractivity contribution in [1.82, 2.24) is 29.4 Å². The van der Waals surface area contributed by atoms with Gasteiger partial charge in [-0.2, -0.15) is 5.10 Å². The lowest BCUT2D eigenvalue weighted by Crippen LogP contribution is -2.29. The van der Waals surface area contributed by atoms with Crippen LogP contribution < -0.4 is 0 Å². The molecule has 2 aromatic heterocycles. The second-order valence-electron chi connectivity index (χ2n) is 6.39. The van der Waals surface area contributed by atoms with E-state index in [0.29, 0.717) is 12.1 Å². The summed E-state index contributed by atoms with van der Waals surface area (Å²) in [5, 5.41) is 12.5. The smallest absolute Gasteiger partial charge is 0.257 e. The summed E-state index contributed by atoms with van der Waals surface area (Å²) in [7, 11) is 1.85. The van der Waals surface area contributed by atoms with E-state index in [-0.39, 0.29) is 11.9 Å². The molecule has 7 nitrogen and oxygen atoms in total. The van der Waals surface area contributed by atoms with Crippen molar-refractivity contribution in [3.63, 3.8) is 0 Å². The fraction of sp³-hybridized carbons (Fsp3) is 0.333. The van der Waals surface area contributed by atoms with Crippen molar-refractivity contribution >= 4 is 5.91 Å². The Balaban J connectivity index is 1.55. The third-order valence-electron chi connectivity index (χ3n) is 4.91. The molecular weight excluding hydrogens is 316 g/mol. The van der Waals surface area contributed by atoms with Crippen LogP contribution in [0.3, 0.4) is 0 Å². The summed E-state index contributed by atoms with van der Waals surface area (Å²) in [6.07, 6.45) is 4.30. The van der Waals surface area contributed by atoms with Crippen LogP contribution in [-0.4, -0.2) is 48.4 Å². The van der Waals surface area contributed by atoms with Crippen molar-refractivity contribution in [3.05, 3.63) is 54.1 Å². The molecule has 1 atom stereocenters. The number of benzene rings is 1. The topological polar surface area (TPSA) is 68.8 Å². The Morgan fingerprint density at radius 1 is 1.24 bits per heavy atom. The summed E-state index contributed by atoms with van der Waals surface area (Å²) in [6, 6.07) is 10.2. The Labute approximate surface area is 145 Å². The van der Waals surface area contributed by atoms with Gasteiger partial charge in [0, 0.05) is 31.4 Å². The van der Waals surface area contributed by atoms with Crippen molar-refractivity contribution in [2.75, 3.05) is 13.1 Å². The molecular formula is C18H20N6O. The van der Waals surface area contributed by atoms with Crippen LogP contribution in [0.25, 0.3) is 11.4 Å². The lowest BCUT2D eigenvalue weighted by molar-refractivity contribution is 0.0787. The highest BCUT2D eigenvalue weighted by molar-refractivity contribution is 5.95. The number of likely N-dealkylation sites (tertiary alicyclic amines) is 1. The van der Waals surface area contributed by atoms with E-state index in [1.807, 2.05) is 49.2 Å². The molecule has 7 heteroatoms. The van der Waals surface area contributed by atoms with Gasteiger partial charge in [0.15, 0.2) is 5.82 Å². The number of aryl methyl sites for hydroxylation is 1. The minimum absolute atomic E-state index is 0.0439. The highest BCUT2D eigenvalue weighted by Gasteiger charge is 2.30. The minimum Gasteiger partial charge on any atom is -0.336 e. The molecule has 1 saturated heterocycles. The quantitative estimate of drug-likeness (QED) is 0.734. The molecule has 1 unspecified atom stereocenters. The van der Waals surface area contributed by atoms with Crippen molar-refractivity contribution < 1.29 is 4.79 Å². The summed E-state index contributed by atoms with van der Waals surface area (Å²) in [6.45, 7) is 3.30. The highest BCUT2D eigenvalue weighted by atomic mass is 16.2. The first-order chi connectivity index (χ1) is 12.1. The van der Waals surface area contributed by atoms with E-state index in [4.69, 9.17) is 0 Å². The number of nitrogens with zero attached hydrogens (tertiary/aromatic N) is 6. The van der Waals surface area contributed by atoms with Crippen LogP contribution in [0.2, 0.25) is 0 Å². The highest BCUT2D eigenvalue weighted by Crippen LogP contribution is 2.28. The van der Waals surface area contributed by atoms with E-state index in [0.717, 1.165) is 30.0 Å². The van der Waals surface area contributed by atoms with E-state index in [1.165, 1.54) is 0 Å². The molecule has 1 fully saturated rings. The Kier molecular flexibility index (Phi) is 3.83. The summed E-state index contributed by atoms with van der Waals surface area (Å²) in [5.74, 6) is 0.889. The molecule has 0 bridgehead atoms. The van der Waals surface area contributed by atoms with Gasteiger partial charge in [-0.3, -0.25) is 9.48 Å². The number of aromatic nitrogens is 5. The first-order valence-electron chi connectivity index (χ1n) is 8.38. The zero-order valence-electron chi connectivity index (χ0n) is 14.3. The third kappa shape index (κ3) is 2.71. The minimum atomic E-state index is 0.0439. The molecule has 0 radical (unpaired) electrons. The van der Waals surface area contributed by atoms with Gasteiger partial charge in [-0.15, -0.1) is 10.2 Å². The van der Waals surface area contributed by atoms with E-state index >= 15 is 0 Å². The monoisotopic (exact) mass is 336 g/mol. The lowest BCUT2D eigenvalue weighted by Gasteiger charge is -2.17. The lowest BCUT2D eigenvalue weighted by atomic mass is 10.2. The van der Waals surface area contributed by atoms with Gasteiger partial charge >= 0.3 is 0 Å². The molecule has 0 spiro atoms. The molecule has 3 aromatic rings. The third-order valence-corrected chi connectivity index (χ3v) is 4.91. The van der Waals surface area contributed by atoms with Gasteiger partial charge < -0.3 is 9.47 Å². The number of hydrogen-bond acceptors (Lipinski definition) is 4. The van der Waals surface area contributed by atoms with Crippen molar-refractivity contribution in [1.29, 1.82) is 0 Å². The van der Waals surface area contributed by atoms with Crippen molar-refractivity contribution in [3.8, 4) is 11.4 Å². The molecule has 3 heterocycles. The van der Waals surface area contributed by atoms with Crippen LogP contribution in [0.5, 0.6) is 0 Å².